The molecular formula is C11H23ClN2O2. The number of ether oxygens (including phenoxy) is 1. The molecule has 0 saturated carbocycles. The third-order valence-corrected chi connectivity index (χ3v) is 2.54. The summed E-state index contributed by atoms with van der Waals surface area (Å²) in [6, 6.07) is 0. The van der Waals surface area contributed by atoms with Crippen molar-refractivity contribution in [2.24, 2.45) is 11.8 Å². The van der Waals surface area contributed by atoms with Crippen molar-refractivity contribution in [1.29, 1.82) is 0 Å². The molecule has 0 atom stereocenters. The zero-order valence-corrected chi connectivity index (χ0v) is 10.9. The summed E-state index contributed by atoms with van der Waals surface area (Å²) in [6.45, 7) is 8.04. The van der Waals surface area contributed by atoms with Gasteiger partial charge in [0.1, 0.15) is 0 Å². The Kier molecular flexibility index (Phi) is 8.61. The van der Waals surface area contributed by atoms with Crippen molar-refractivity contribution in [3.63, 3.8) is 0 Å². The van der Waals surface area contributed by atoms with E-state index in [0.717, 1.165) is 26.1 Å². The Morgan fingerprint density at radius 2 is 2.12 bits per heavy atom. The molecule has 5 heteroatoms. The fourth-order valence-electron chi connectivity index (χ4n) is 1.29. The summed E-state index contributed by atoms with van der Waals surface area (Å²) >= 11 is 0. The highest BCUT2D eigenvalue weighted by molar-refractivity contribution is 5.85. The van der Waals surface area contributed by atoms with Gasteiger partial charge < -0.3 is 15.4 Å². The molecule has 1 amide bonds. The maximum Gasteiger partial charge on any atom is 0.225 e. The number of rotatable bonds is 7. The van der Waals surface area contributed by atoms with E-state index in [9.17, 15) is 4.79 Å². The molecule has 16 heavy (non-hydrogen) atoms. The van der Waals surface area contributed by atoms with Crippen molar-refractivity contribution in [3.8, 4) is 0 Å². The molecule has 0 aliphatic carbocycles. The summed E-state index contributed by atoms with van der Waals surface area (Å²) in [7, 11) is 0. The molecule has 1 saturated heterocycles. The minimum absolute atomic E-state index is 0. The molecule has 1 heterocycles. The van der Waals surface area contributed by atoms with Gasteiger partial charge in [0.2, 0.25) is 5.91 Å². The fourth-order valence-corrected chi connectivity index (χ4v) is 1.29. The van der Waals surface area contributed by atoms with Crippen molar-refractivity contribution in [2.45, 2.75) is 20.3 Å². The van der Waals surface area contributed by atoms with Gasteiger partial charge in [-0.15, -0.1) is 12.4 Å². The first-order valence-corrected chi connectivity index (χ1v) is 5.76. The molecular weight excluding hydrogens is 228 g/mol. The Morgan fingerprint density at radius 3 is 2.62 bits per heavy atom. The highest BCUT2D eigenvalue weighted by Crippen LogP contribution is 2.01. The summed E-state index contributed by atoms with van der Waals surface area (Å²) in [6.07, 6.45) is 1.08. The monoisotopic (exact) mass is 250 g/mol. The molecule has 2 N–H and O–H groups in total. The molecule has 0 aromatic carbocycles. The zero-order chi connectivity index (χ0) is 11.1. The third kappa shape index (κ3) is 6.30. The average molecular weight is 251 g/mol. The van der Waals surface area contributed by atoms with Crippen molar-refractivity contribution in [3.05, 3.63) is 0 Å². The van der Waals surface area contributed by atoms with Gasteiger partial charge in [-0.3, -0.25) is 4.79 Å². The molecule has 1 aliphatic rings. The van der Waals surface area contributed by atoms with Crippen LogP contribution in [0.25, 0.3) is 0 Å². The average Bonchev–Trinajstić information content (AvgIpc) is 2.07. The number of halogens is 1. The van der Waals surface area contributed by atoms with E-state index < -0.39 is 0 Å². The molecule has 1 aliphatic heterocycles. The minimum Gasteiger partial charge on any atom is -0.380 e. The summed E-state index contributed by atoms with van der Waals surface area (Å²) in [5, 5.41) is 5.94. The number of carbonyl (C=O) groups is 1. The van der Waals surface area contributed by atoms with E-state index in [-0.39, 0.29) is 24.2 Å². The molecule has 96 valence electrons. The molecule has 0 bridgehead atoms. The number of hydrogen-bond acceptors (Lipinski definition) is 3. The maximum atomic E-state index is 11.4. The van der Waals surface area contributed by atoms with Crippen LogP contribution in [0.4, 0.5) is 0 Å². The van der Waals surface area contributed by atoms with Gasteiger partial charge in [-0.05, 0) is 12.3 Å². The first kappa shape index (κ1) is 15.7. The Hall–Kier alpha value is -0.320. The standard InChI is InChI=1S/C11H22N2O2.ClH/c1-9(2)3-5-15-6-4-13-11(14)10-7-12-8-10;/h9-10,12H,3-8H2,1-2H3,(H,13,14);1H. The van der Waals surface area contributed by atoms with E-state index >= 15 is 0 Å². The lowest BCUT2D eigenvalue weighted by Gasteiger charge is -2.25. The van der Waals surface area contributed by atoms with Crippen LogP contribution in [-0.2, 0) is 9.53 Å². The Bertz CT molecular complexity index is 196. The van der Waals surface area contributed by atoms with Crippen LogP contribution >= 0.6 is 12.4 Å². The van der Waals surface area contributed by atoms with E-state index in [1.807, 2.05) is 0 Å². The van der Waals surface area contributed by atoms with Crippen LogP contribution < -0.4 is 10.6 Å². The van der Waals surface area contributed by atoms with E-state index in [1.54, 1.807) is 0 Å². The lowest BCUT2D eigenvalue weighted by Crippen LogP contribution is -2.51. The Morgan fingerprint density at radius 1 is 1.44 bits per heavy atom. The topological polar surface area (TPSA) is 50.4 Å². The molecule has 0 aromatic rings. The number of nitrogens with one attached hydrogen (secondary N) is 2. The van der Waals surface area contributed by atoms with Crippen LogP contribution in [0, 0.1) is 11.8 Å². The van der Waals surface area contributed by atoms with Crippen LogP contribution in [0.3, 0.4) is 0 Å². The fraction of sp³-hybridized carbons (Fsp3) is 0.909. The second kappa shape index (κ2) is 8.79. The summed E-state index contributed by atoms with van der Waals surface area (Å²) < 4.78 is 5.40. The van der Waals surface area contributed by atoms with Crippen molar-refractivity contribution in [1.82, 2.24) is 10.6 Å². The van der Waals surface area contributed by atoms with Crippen LogP contribution in [0.2, 0.25) is 0 Å². The van der Waals surface area contributed by atoms with Gasteiger partial charge in [-0.25, -0.2) is 0 Å². The summed E-state index contributed by atoms with van der Waals surface area (Å²) in [4.78, 5) is 11.4. The molecule has 4 nitrogen and oxygen atoms in total. The second-order valence-corrected chi connectivity index (χ2v) is 4.44. The highest BCUT2D eigenvalue weighted by atomic mass is 35.5. The van der Waals surface area contributed by atoms with Gasteiger partial charge in [0.05, 0.1) is 12.5 Å². The molecule has 0 unspecified atom stereocenters. The predicted octanol–water partition coefficient (Wildman–Crippen LogP) is 0.806. The lowest BCUT2D eigenvalue weighted by atomic mass is 10.0. The Labute approximate surface area is 104 Å². The van der Waals surface area contributed by atoms with Gasteiger partial charge in [0, 0.05) is 26.2 Å². The second-order valence-electron chi connectivity index (χ2n) is 4.44. The van der Waals surface area contributed by atoms with Crippen molar-refractivity contribution < 1.29 is 9.53 Å². The quantitative estimate of drug-likeness (QED) is 0.658. The van der Waals surface area contributed by atoms with Gasteiger partial charge in [0.25, 0.3) is 0 Å². The molecule has 0 aromatic heterocycles. The van der Waals surface area contributed by atoms with E-state index in [2.05, 4.69) is 24.5 Å². The number of hydrogen-bond donors (Lipinski definition) is 2. The van der Waals surface area contributed by atoms with Crippen LogP contribution in [-0.4, -0.2) is 38.8 Å². The van der Waals surface area contributed by atoms with Crippen LogP contribution in [0.5, 0.6) is 0 Å². The number of amides is 1. The van der Waals surface area contributed by atoms with Gasteiger partial charge in [0.15, 0.2) is 0 Å². The van der Waals surface area contributed by atoms with Gasteiger partial charge in [-0.1, -0.05) is 13.8 Å². The minimum atomic E-state index is 0. The van der Waals surface area contributed by atoms with Gasteiger partial charge >= 0.3 is 0 Å². The van der Waals surface area contributed by atoms with E-state index in [0.29, 0.717) is 19.1 Å². The van der Waals surface area contributed by atoms with Crippen LogP contribution in [0.15, 0.2) is 0 Å². The van der Waals surface area contributed by atoms with E-state index in [4.69, 9.17) is 4.74 Å². The number of carbonyl (C=O) groups excluding carboxylic acids is 1. The van der Waals surface area contributed by atoms with Gasteiger partial charge in [-0.2, -0.15) is 0 Å². The maximum absolute atomic E-state index is 11.4. The summed E-state index contributed by atoms with van der Waals surface area (Å²) in [5.41, 5.74) is 0. The largest absolute Gasteiger partial charge is 0.380 e. The molecule has 0 radical (unpaired) electrons. The first-order chi connectivity index (χ1) is 7.20. The van der Waals surface area contributed by atoms with Crippen LogP contribution in [0.1, 0.15) is 20.3 Å². The smallest absolute Gasteiger partial charge is 0.225 e. The zero-order valence-electron chi connectivity index (χ0n) is 10.1. The molecule has 1 rings (SSSR count). The first-order valence-electron chi connectivity index (χ1n) is 5.76. The molecule has 0 spiro atoms. The summed E-state index contributed by atoms with van der Waals surface area (Å²) in [5.74, 6) is 1.02. The normalized spacial score (nSPS) is 15.4. The highest BCUT2D eigenvalue weighted by Gasteiger charge is 2.23. The third-order valence-electron chi connectivity index (χ3n) is 2.54. The lowest BCUT2D eigenvalue weighted by molar-refractivity contribution is -0.126. The Balaban J connectivity index is 0.00000225. The van der Waals surface area contributed by atoms with Crippen molar-refractivity contribution >= 4 is 18.3 Å². The SMILES string of the molecule is CC(C)CCOCCNC(=O)C1CNC1.Cl. The predicted molar refractivity (Wildman–Crippen MR) is 66.9 cm³/mol. The molecule has 1 fully saturated rings. The van der Waals surface area contributed by atoms with E-state index in [1.165, 1.54) is 0 Å². The van der Waals surface area contributed by atoms with Crippen molar-refractivity contribution in [2.75, 3.05) is 32.8 Å².